The largest absolute Gasteiger partial charge is 0.491 e. The van der Waals surface area contributed by atoms with Crippen LogP contribution in [0.2, 0.25) is 0 Å². The number of hydrogen-bond donors (Lipinski definition) is 1. The Morgan fingerprint density at radius 1 is 1.20 bits per heavy atom. The van der Waals surface area contributed by atoms with Gasteiger partial charge in [-0.15, -0.1) is 0 Å². The Morgan fingerprint density at radius 3 is 2.40 bits per heavy atom. The second-order valence-corrected chi connectivity index (χ2v) is 3.97. The zero-order valence-electron chi connectivity index (χ0n) is 9.92. The van der Waals surface area contributed by atoms with Gasteiger partial charge in [-0.2, -0.15) is 0 Å². The molecule has 0 spiro atoms. The van der Waals surface area contributed by atoms with Gasteiger partial charge in [0.2, 0.25) is 0 Å². The second kappa shape index (κ2) is 6.33. The molecule has 1 aromatic carbocycles. The molecule has 2 nitrogen and oxygen atoms in total. The molecule has 0 saturated heterocycles. The summed E-state index contributed by atoms with van der Waals surface area (Å²) >= 11 is 0. The monoisotopic (exact) mass is 207 g/mol. The van der Waals surface area contributed by atoms with Crippen molar-refractivity contribution in [3.05, 3.63) is 24.3 Å². The molecule has 0 aliphatic rings. The number of unbranched alkanes of at least 4 members (excludes halogenated alkanes) is 1. The third-order valence-corrected chi connectivity index (χ3v) is 2.09. The third-order valence-electron chi connectivity index (χ3n) is 2.09. The average Bonchev–Trinajstić information content (AvgIpc) is 2.20. The predicted molar refractivity (Wildman–Crippen MR) is 65.6 cm³/mol. The van der Waals surface area contributed by atoms with E-state index in [1.165, 1.54) is 18.5 Å². The highest BCUT2D eigenvalue weighted by Gasteiger charge is 1.97. The molecule has 1 N–H and O–H groups in total. The second-order valence-electron chi connectivity index (χ2n) is 3.97. The van der Waals surface area contributed by atoms with E-state index in [1.54, 1.807) is 0 Å². The highest BCUT2D eigenvalue weighted by atomic mass is 16.5. The summed E-state index contributed by atoms with van der Waals surface area (Å²) in [6.07, 6.45) is 2.68. The first-order valence-corrected chi connectivity index (χ1v) is 5.73. The molecule has 1 rings (SSSR count). The van der Waals surface area contributed by atoms with Gasteiger partial charge in [0.15, 0.2) is 0 Å². The van der Waals surface area contributed by atoms with E-state index in [1.807, 2.05) is 26.0 Å². The molecule has 0 saturated carbocycles. The number of nitrogens with one attached hydrogen (secondary N) is 1. The molecule has 0 heterocycles. The highest BCUT2D eigenvalue weighted by molar-refractivity contribution is 5.46. The minimum absolute atomic E-state index is 0.240. The minimum Gasteiger partial charge on any atom is -0.491 e. The molecule has 0 aliphatic heterocycles. The number of ether oxygens (including phenoxy) is 1. The molecule has 0 atom stereocenters. The lowest BCUT2D eigenvalue weighted by molar-refractivity contribution is 0.242. The Bertz CT molecular complexity index is 266. The van der Waals surface area contributed by atoms with Gasteiger partial charge < -0.3 is 10.1 Å². The fourth-order valence-electron chi connectivity index (χ4n) is 1.33. The van der Waals surface area contributed by atoms with Gasteiger partial charge >= 0.3 is 0 Å². The van der Waals surface area contributed by atoms with Crippen LogP contribution in [0, 0.1) is 0 Å². The molecule has 0 bridgehead atoms. The van der Waals surface area contributed by atoms with E-state index < -0.39 is 0 Å². The van der Waals surface area contributed by atoms with Gasteiger partial charge in [0.25, 0.3) is 0 Å². The van der Waals surface area contributed by atoms with Crippen molar-refractivity contribution >= 4 is 5.69 Å². The van der Waals surface area contributed by atoms with Gasteiger partial charge in [-0.1, -0.05) is 13.3 Å². The molecule has 15 heavy (non-hydrogen) atoms. The number of rotatable bonds is 6. The summed E-state index contributed by atoms with van der Waals surface area (Å²) in [6, 6.07) is 8.14. The number of benzene rings is 1. The summed E-state index contributed by atoms with van der Waals surface area (Å²) in [4.78, 5) is 0. The molecule has 0 unspecified atom stereocenters. The quantitative estimate of drug-likeness (QED) is 0.718. The highest BCUT2D eigenvalue weighted by Crippen LogP contribution is 2.16. The van der Waals surface area contributed by atoms with E-state index in [0.717, 1.165) is 12.3 Å². The summed E-state index contributed by atoms with van der Waals surface area (Å²) in [6.45, 7) is 7.31. The van der Waals surface area contributed by atoms with Crippen molar-refractivity contribution in [3.63, 3.8) is 0 Å². The fourth-order valence-corrected chi connectivity index (χ4v) is 1.33. The summed E-state index contributed by atoms with van der Waals surface area (Å²) < 4.78 is 5.57. The van der Waals surface area contributed by atoms with Crippen molar-refractivity contribution in [1.29, 1.82) is 0 Å². The standard InChI is InChI=1S/C13H21NO/c1-4-5-10-14-12-6-8-13(9-7-12)15-11(2)3/h6-9,11,14H,4-5,10H2,1-3H3. The fraction of sp³-hybridized carbons (Fsp3) is 0.538. The maximum atomic E-state index is 5.57. The number of hydrogen-bond acceptors (Lipinski definition) is 2. The van der Waals surface area contributed by atoms with Crippen LogP contribution >= 0.6 is 0 Å². The average molecular weight is 207 g/mol. The molecule has 0 amide bonds. The van der Waals surface area contributed by atoms with Crippen molar-refractivity contribution in [3.8, 4) is 5.75 Å². The summed E-state index contributed by atoms with van der Waals surface area (Å²) in [7, 11) is 0. The summed E-state index contributed by atoms with van der Waals surface area (Å²) in [5, 5.41) is 3.37. The first-order chi connectivity index (χ1) is 7.22. The van der Waals surface area contributed by atoms with E-state index in [9.17, 15) is 0 Å². The van der Waals surface area contributed by atoms with E-state index in [-0.39, 0.29) is 6.10 Å². The lowest BCUT2D eigenvalue weighted by atomic mass is 10.3. The van der Waals surface area contributed by atoms with Crippen LogP contribution in [0.15, 0.2) is 24.3 Å². The van der Waals surface area contributed by atoms with Gasteiger partial charge in [-0.05, 0) is 44.5 Å². The van der Waals surface area contributed by atoms with Crippen molar-refractivity contribution < 1.29 is 4.74 Å². The Labute approximate surface area is 92.6 Å². The maximum absolute atomic E-state index is 5.57. The third kappa shape index (κ3) is 4.73. The smallest absolute Gasteiger partial charge is 0.119 e. The summed E-state index contributed by atoms with van der Waals surface area (Å²) in [5.74, 6) is 0.936. The van der Waals surface area contributed by atoms with Crippen molar-refractivity contribution in [2.75, 3.05) is 11.9 Å². The zero-order chi connectivity index (χ0) is 11.1. The van der Waals surface area contributed by atoms with Gasteiger partial charge in [-0.3, -0.25) is 0 Å². The number of anilines is 1. The molecule has 84 valence electrons. The van der Waals surface area contributed by atoms with E-state index in [2.05, 4.69) is 24.4 Å². The Balaban J connectivity index is 2.42. The van der Waals surface area contributed by atoms with Crippen molar-refractivity contribution in [1.82, 2.24) is 0 Å². The Hall–Kier alpha value is -1.18. The Morgan fingerprint density at radius 2 is 1.87 bits per heavy atom. The van der Waals surface area contributed by atoms with Crippen LogP contribution in [-0.2, 0) is 0 Å². The normalized spacial score (nSPS) is 10.4. The first kappa shape index (κ1) is 11.9. The van der Waals surface area contributed by atoms with Crippen LogP contribution in [0.4, 0.5) is 5.69 Å². The SMILES string of the molecule is CCCCNc1ccc(OC(C)C)cc1. The Kier molecular flexibility index (Phi) is 5.02. The van der Waals surface area contributed by atoms with Gasteiger partial charge in [0.05, 0.1) is 6.10 Å². The van der Waals surface area contributed by atoms with Gasteiger partial charge in [0.1, 0.15) is 5.75 Å². The molecule has 0 radical (unpaired) electrons. The van der Waals surface area contributed by atoms with Crippen LogP contribution < -0.4 is 10.1 Å². The van der Waals surface area contributed by atoms with Crippen LogP contribution in [-0.4, -0.2) is 12.6 Å². The van der Waals surface area contributed by atoms with Crippen molar-refractivity contribution in [2.24, 2.45) is 0 Å². The van der Waals surface area contributed by atoms with E-state index in [0.29, 0.717) is 0 Å². The van der Waals surface area contributed by atoms with Crippen LogP contribution in [0.3, 0.4) is 0 Å². The molecule has 0 aromatic heterocycles. The molecular formula is C13H21NO. The molecular weight excluding hydrogens is 186 g/mol. The zero-order valence-corrected chi connectivity index (χ0v) is 9.92. The summed E-state index contributed by atoms with van der Waals surface area (Å²) in [5.41, 5.74) is 1.17. The lowest BCUT2D eigenvalue weighted by Crippen LogP contribution is -2.05. The van der Waals surface area contributed by atoms with Crippen LogP contribution in [0.25, 0.3) is 0 Å². The van der Waals surface area contributed by atoms with Crippen molar-refractivity contribution in [2.45, 2.75) is 39.7 Å². The lowest BCUT2D eigenvalue weighted by Gasteiger charge is -2.10. The van der Waals surface area contributed by atoms with E-state index >= 15 is 0 Å². The molecule has 1 aromatic rings. The molecule has 2 heteroatoms. The minimum atomic E-state index is 0.240. The first-order valence-electron chi connectivity index (χ1n) is 5.73. The molecule has 0 fully saturated rings. The van der Waals surface area contributed by atoms with E-state index in [4.69, 9.17) is 4.74 Å². The van der Waals surface area contributed by atoms with Crippen LogP contribution in [0.1, 0.15) is 33.6 Å². The van der Waals surface area contributed by atoms with Crippen LogP contribution in [0.5, 0.6) is 5.75 Å². The topological polar surface area (TPSA) is 21.3 Å². The maximum Gasteiger partial charge on any atom is 0.119 e. The molecule has 0 aliphatic carbocycles. The van der Waals surface area contributed by atoms with Gasteiger partial charge in [0, 0.05) is 12.2 Å². The van der Waals surface area contributed by atoms with Gasteiger partial charge in [-0.25, -0.2) is 0 Å². The predicted octanol–water partition coefficient (Wildman–Crippen LogP) is 3.69.